The van der Waals surface area contributed by atoms with Crippen molar-refractivity contribution < 1.29 is 18.0 Å². The van der Waals surface area contributed by atoms with Gasteiger partial charge in [-0.3, -0.25) is 4.79 Å². The molecule has 6 heteroatoms. The summed E-state index contributed by atoms with van der Waals surface area (Å²) in [5.74, 6) is -0.513. The summed E-state index contributed by atoms with van der Waals surface area (Å²) in [6.45, 7) is 2.39. The molecule has 0 aromatic heterocycles. The van der Waals surface area contributed by atoms with E-state index in [4.69, 9.17) is 0 Å². The molecule has 90 valence electrons. The third-order valence-electron chi connectivity index (χ3n) is 2.17. The summed E-state index contributed by atoms with van der Waals surface area (Å²) in [5.41, 5.74) is 0. The largest absolute Gasteiger partial charge is 0.406 e. The first-order valence-electron chi connectivity index (χ1n) is 4.77. The van der Waals surface area contributed by atoms with Crippen molar-refractivity contribution in [2.24, 2.45) is 0 Å². The average Bonchev–Trinajstić information content (AvgIpc) is 2.15. The minimum atomic E-state index is -4.33. The molecule has 0 rings (SSSR count). The van der Waals surface area contributed by atoms with Crippen molar-refractivity contribution >= 4 is 21.8 Å². The van der Waals surface area contributed by atoms with Crippen LogP contribution in [0.4, 0.5) is 13.2 Å². The van der Waals surface area contributed by atoms with Gasteiger partial charge in [-0.1, -0.05) is 29.8 Å². The number of amides is 1. The Morgan fingerprint density at radius 1 is 1.33 bits per heavy atom. The minimum Gasteiger partial charge on any atom is -0.330 e. The Balaban J connectivity index is 4.64. The second kappa shape index (κ2) is 6.35. The van der Waals surface area contributed by atoms with Gasteiger partial charge in [0.2, 0.25) is 5.91 Å². The highest BCUT2D eigenvalue weighted by molar-refractivity contribution is 9.09. The molecule has 0 aliphatic heterocycles. The number of carbonyl (C=O) groups is 1. The summed E-state index contributed by atoms with van der Waals surface area (Å²) in [6, 6.07) is -0.336. The first kappa shape index (κ1) is 14.7. The van der Waals surface area contributed by atoms with Crippen LogP contribution in [0.1, 0.15) is 26.7 Å². The second-order valence-electron chi connectivity index (χ2n) is 3.24. The summed E-state index contributed by atoms with van der Waals surface area (Å²) in [5, 5.41) is -0.0699. The van der Waals surface area contributed by atoms with Crippen molar-refractivity contribution in [3.8, 4) is 0 Å². The Hall–Kier alpha value is -0.260. The molecule has 0 saturated carbocycles. The zero-order valence-electron chi connectivity index (χ0n) is 8.77. The van der Waals surface area contributed by atoms with E-state index in [0.29, 0.717) is 12.8 Å². The van der Waals surface area contributed by atoms with Crippen LogP contribution in [-0.4, -0.2) is 34.9 Å². The number of hydrogen-bond acceptors (Lipinski definition) is 1. The van der Waals surface area contributed by atoms with Crippen LogP contribution in [0, 0.1) is 0 Å². The fraction of sp³-hybridized carbons (Fsp3) is 0.889. The van der Waals surface area contributed by atoms with Gasteiger partial charge in [-0.05, 0) is 12.8 Å². The highest BCUT2D eigenvalue weighted by atomic mass is 79.9. The van der Waals surface area contributed by atoms with Crippen molar-refractivity contribution in [2.45, 2.75) is 38.9 Å². The smallest absolute Gasteiger partial charge is 0.330 e. The van der Waals surface area contributed by atoms with Crippen LogP contribution in [0.5, 0.6) is 0 Å². The van der Waals surface area contributed by atoms with Gasteiger partial charge in [0.1, 0.15) is 6.54 Å². The lowest BCUT2D eigenvalue weighted by Gasteiger charge is -2.30. The molecule has 0 radical (unpaired) electrons. The zero-order chi connectivity index (χ0) is 12.1. The number of nitrogens with zero attached hydrogens (tertiary/aromatic N) is 1. The van der Waals surface area contributed by atoms with Crippen molar-refractivity contribution in [1.29, 1.82) is 0 Å². The standard InChI is InChI=1S/C9H15BrF3NO/c1-3-7(4-2)14(8(15)5-10)6-9(11,12)13/h7H,3-6H2,1-2H3. The topological polar surface area (TPSA) is 20.3 Å². The van der Waals surface area contributed by atoms with E-state index in [9.17, 15) is 18.0 Å². The van der Waals surface area contributed by atoms with E-state index in [0.717, 1.165) is 4.90 Å². The molecule has 0 bridgehead atoms. The maximum Gasteiger partial charge on any atom is 0.406 e. The average molecular weight is 290 g/mol. The van der Waals surface area contributed by atoms with E-state index in [2.05, 4.69) is 15.9 Å². The van der Waals surface area contributed by atoms with E-state index < -0.39 is 18.6 Å². The van der Waals surface area contributed by atoms with Crippen LogP contribution in [0.15, 0.2) is 0 Å². The lowest BCUT2D eigenvalue weighted by Crippen LogP contribution is -2.45. The maximum atomic E-state index is 12.2. The molecule has 0 aliphatic carbocycles. The summed E-state index contributed by atoms with van der Waals surface area (Å²) in [4.78, 5) is 12.2. The van der Waals surface area contributed by atoms with E-state index in [-0.39, 0.29) is 11.4 Å². The molecule has 15 heavy (non-hydrogen) atoms. The van der Waals surface area contributed by atoms with E-state index in [1.807, 2.05) is 0 Å². The second-order valence-corrected chi connectivity index (χ2v) is 3.80. The van der Waals surface area contributed by atoms with Gasteiger partial charge in [0, 0.05) is 6.04 Å². The number of halogens is 4. The van der Waals surface area contributed by atoms with E-state index >= 15 is 0 Å². The van der Waals surface area contributed by atoms with Gasteiger partial charge < -0.3 is 4.90 Å². The van der Waals surface area contributed by atoms with Gasteiger partial charge in [-0.2, -0.15) is 13.2 Å². The lowest BCUT2D eigenvalue weighted by atomic mass is 10.1. The fourth-order valence-electron chi connectivity index (χ4n) is 1.42. The van der Waals surface area contributed by atoms with Crippen LogP contribution in [0.2, 0.25) is 0 Å². The SMILES string of the molecule is CCC(CC)N(CC(F)(F)F)C(=O)CBr. The van der Waals surface area contributed by atoms with Crippen molar-refractivity contribution in [3.63, 3.8) is 0 Å². The predicted molar refractivity (Wildman–Crippen MR) is 55.9 cm³/mol. The predicted octanol–water partition coefficient (Wildman–Crippen LogP) is 2.96. The van der Waals surface area contributed by atoms with Gasteiger partial charge in [-0.25, -0.2) is 0 Å². The highest BCUT2D eigenvalue weighted by Gasteiger charge is 2.35. The maximum absolute atomic E-state index is 12.2. The summed E-state index contributed by atoms with van der Waals surface area (Å²) >= 11 is 2.89. The molecule has 0 heterocycles. The normalized spacial score (nSPS) is 11.9. The Kier molecular flexibility index (Phi) is 6.24. The van der Waals surface area contributed by atoms with Gasteiger partial charge in [0.05, 0.1) is 5.33 Å². The Morgan fingerprint density at radius 2 is 1.80 bits per heavy atom. The van der Waals surface area contributed by atoms with E-state index in [1.54, 1.807) is 13.8 Å². The molecule has 0 aromatic rings. The number of rotatable bonds is 5. The third-order valence-corrected chi connectivity index (χ3v) is 2.65. The molecule has 0 spiro atoms. The molecule has 0 N–H and O–H groups in total. The zero-order valence-corrected chi connectivity index (χ0v) is 10.4. The van der Waals surface area contributed by atoms with E-state index in [1.165, 1.54) is 0 Å². The number of alkyl halides is 4. The molecule has 0 fully saturated rings. The number of hydrogen-bond donors (Lipinski definition) is 0. The molecule has 0 aliphatic rings. The van der Waals surface area contributed by atoms with Crippen LogP contribution in [0.3, 0.4) is 0 Å². The molecular weight excluding hydrogens is 275 g/mol. The Labute approximate surface area is 95.9 Å². The van der Waals surface area contributed by atoms with Gasteiger partial charge in [0.25, 0.3) is 0 Å². The monoisotopic (exact) mass is 289 g/mol. The van der Waals surface area contributed by atoms with Gasteiger partial charge in [0.15, 0.2) is 0 Å². The minimum absolute atomic E-state index is 0.0699. The van der Waals surface area contributed by atoms with Crippen LogP contribution >= 0.6 is 15.9 Å². The summed E-state index contributed by atoms with van der Waals surface area (Å²) < 4.78 is 36.7. The van der Waals surface area contributed by atoms with Crippen LogP contribution in [-0.2, 0) is 4.79 Å². The quantitative estimate of drug-likeness (QED) is 0.713. The third kappa shape index (κ3) is 5.39. The molecule has 0 atom stereocenters. The molecule has 0 unspecified atom stereocenters. The molecular formula is C9H15BrF3NO. The molecule has 0 saturated heterocycles. The Morgan fingerprint density at radius 3 is 2.07 bits per heavy atom. The highest BCUT2D eigenvalue weighted by Crippen LogP contribution is 2.20. The first-order chi connectivity index (χ1) is 6.85. The first-order valence-corrected chi connectivity index (χ1v) is 5.90. The lowest BCUT2D eigenvalue weighted by molar-refractivity contribution is -0.164. The fourth-order valence-corrected chi connectivity index (χ4v) is 1.74. The molecule has 1 amide bonds. The number of carbonyl (C=O) groups excluding carboxylic acids is 1. The Bertz CT molecular complexity index is 204. The van der Waals surface area contributed by atoms with Crippen molar-refractivity contribution in [1.82, 2.24) is 4.90 Å². The van der Waals surface area contributed by atoms with Crippen LogP contribution < -0.4 is 0 Å². The van der Waals surface area contributed by atoms with Crippen LogP contribution in [0.25, 0.3) is 0 Å². The van der Waals surface area contributed by atoms with Gasteiger partial charge >= 0.3 is 6.18 Å². The summed E-state index contributed by atoms with van der Waals surface area (Å²) in [7, 11) is 0. The van der Waals surface area contributed by atoms with Crippen molar-refractivity contribution in [2.75, 3.05) is 11.9 Å². The van der Waals surface area contributed by atoms with Gasteiger partial charge in [-0.15, -0.1) is 0 Å². The molecule has 0 aromatic carbocycles. The molecule has 2 nitrogen and oxygen atoms in total. The summed E-state index contributed by atoms with van der Waals surface area (Å²) in [6.07, 6.45) is -3.27. The van der Waals surface area contributed by atoms with Crippen molar-refractivity contribution in [3.05, 3.63) is 0 Å².